The normalized spacial score (nSPS) is 24.4. The van der Waals surface area contributed by atoms with Crippen LogP contribution >= 0.6 is 11.6 Å². The van der Waals surface area contributed by atoms with Gasteiger partial charge in [-0.25, -0.2) is 0 Å². The maximum atomic E-state index is 13.0. The Morgan fingerprint density at radius 2 is 1.75 bits per heavy atom. The second kappa shape index (κ2) is 13.8. The Balaban J connectivity index is 1.31. The van der Waals surface area contributed by atoms with Gasteiger partial charge in [-0.2, -0.15) is 0 Å². The van der Waals surface area contributed by atoms with Crippen molar-refractivity contribution in [2.45, 2.75) is 122 Å². The number of carbonyl (C=O) groups is 1. The third kappa shape index (κ3) is 8.26. The molecule has 0 spiro atoms. The van der Waals surface area contributed by atoms with Crippen LogP contribution < -0.4 is 0 Å². The summed E-state index contributed by atoms with van der Waals surface area (Å²) >= 11 is 6.50. The van der Waals surface area contributed by atoms with Gasteiger partial charge in [-0.3, -0.25) is 9.69 Å². The van der Waals surface area contributed by atoms with E-state index in [4.69, 9.17) is 16.3 Å². The second-order valence-electron chi connectivity index (χ2n) is 15.3. The molecular formula is C38H55ClN2O3. The molecule has 5 nitrogen and oxygen atoms in total. The van der Waals surface area contributed by atoms with E-state index in [1.807, 2.05) is 19.2 Å². The van der Waals surface area contributed by atoms with E-state index in [-0.39, 0.29) is 5.60 Å². The predicted molar refractivity (Wildman–Crippen MR) is 181 cm³/mol. The van der Waals surface area contributed by atoms with Gasteiger partial charge in [0.25, 0.3) is 0 Å². The molecule has 2 aliphatic carbocycles. The molecule has 3 fully saturated rings. The minimum absolute atomic E-state index is 0.106. The van der Waals surface area contributed by atoms with Crippen molar-refractivity contribution in [3.05, 3.63) is 69.2 Å². The molecule has 0 amide bonds. The van der Waals surface area contributed by atoms with Gasteiger partial charge >= 0.3 is 5.97 Å². The lowest BCUT2D eigenvalue weighted by atomic mass is 9.77. The van der Waals surface area contributed by atoms with Gasteiger partial charge in [0.15, 0.2) is 0 Å². The summed E-state index contributed by atoms with van der Waals surface area (Å²) in [6.07, 6.45) is 10.1. The van der Waals surface area contributed by atoms with E-state index in [9.17, 15) is 9.90 Å². The van der Waals surface area contributed by atoms with Gasteiger partial charge in [0.2, 0.25) is 0 Å². The monoisotopic (exact) mass is 622 g/mol. The molecule has 1 saturated heterocycles. The molecule has 0 radical (unpaired) electrons. The largest absolute Gasteiger partial charge is 0.480 e. The number of aryl methyl sites for hydroxylation is 2. The van der Waals surface area contributed by atoms with Crippen LogP contribution in [0.25, 0.3) is 0 Å². The molecule has 1 aliphatic heterocycles. The lowest BCUT2D eigenvalue weighted by molar-refractivity contribution is -0.143. The number of carboxylic acids is 1. The van der Waals surface area contributed by atoms with Gasteiger partial charge in [0.1, 0.15) is 6.04 Å². The van der Waals surface area contributed by atoms with Crippen LogP contribution in [0.5, 0.6) is 0 Å². The average molecular weight is 623 g/mol. The Kier molecular flexibility index (Phi) is 10.5. The van der Waals surface area contributed by atoms with Gasteiger partial charge in [0, 0.05) is 11.6 Å². The summed E-state index contributed by atoms with van der Waals surface area (Å²) in [5, 5.41) is 11.4. The number of hydrogen-bond acceptors (Lipinski definition) is 4. The number of hydrogen-bond donors (Lipinski definition) is 1. The Labute approximate surface area is 271 Å². The Morgan fingerprint density at radius 3 is 2.39 bits per heavy atom. The predicted octanol–water partition coefficient (Wildman–Crippen LogP) is 8.91. The van der Waals surface area contributed by atoms with Crippen LogP contribution in [0.15, 0.2) is 36.4 Å². The van der Waals surface area contributed by atoms with Gasteiger partial charge in [-0.05, 0) is 162 Å². The fourth-order valence-corrected chi connectivity index (χ4v) is 8.15. The number of benzene rings is 2. The summed E-state index contributed by atoms with van der Waals surface area (Å²) in [6, 6.07) is 11.8. The average Bonchev–Trinajstić information content (AvgIpc) is 3.58. The molecule has 3 aliphatic rings. The molecule has 1 heterocycles. The highest BCUT2D eigenvalue weighted by Crippen LogP contribution is 2.45. The third-order valence-electron chi connectivity index (χ3n) is 10.9. The van der Waals surface area contributed by atoms with Crippen LogP contribution in [-0.2, 0) is 9.53 Å². The van der Waals surface area contributed by atoms with Gasteiger partial charge < -0.3 is 14.7 Å². The first kappa shape index (κ1) is 33.4. The van der Waals surface area contributed by atoms with E-state index >= 15 is 0 Å². The summed E-state index contributed by atoms with van der Waals surface area (Å²) in [5.74, 6) is -0.0809. The van der Waals surface area contributed by atoms with Crippen LogP contribution in [0.4, 0.5) is 0 Å². The first-order chi connectivity index (χ1) is 20.8. The molecule has 0 unspecified atom stereocenters. The van der Waals surface area contributed by atoms with Crippen molar-refractivity contribution in [1.82, 2.24) is 9.80 Å². The molecule has 5 rings (SSSR count). The Bertz CT molecular complexity index is 1300. The number of ether oxygens (including phenoxy) is 1. The molecule has 2 aromatic carbocycles. The zero-order valence-corrected chi connectivity index (χ0v) is 28.8. The molecule has 0 aromatic heterocycles. The maximum Gasteiger partial charge on any atom is 0.325 e. The SMILES string of the molecule is Cc1ccc(Cl)cc1[C@@H](CCN1CCC(C)(C)C1)CCN(C)[C@@H](C(=O)O)c1cccc(C)c1C1CCC(OC2(C)CC2)CC1. The molecule has 2 saturated carbocycles. The summed E-state index contributed by atoms with van der Waals surface area (Å²) in [7, 11) is 2.00. The van der Waals surface area contributed by atoms with Crippen molar-refractivity contribution in [2.24, 2.45) is 5.41 Å². The smallest absolute Gasteiger partial charge is 0.325 e. The molecule has 0 bridgehead atoms. The molecular weight excluding hydrogens is 568 g/mol. The quantitative estimate of drug-likeness (QED) is 0.242. The minimum atomic E-state index is -0.771. The van der Waals surface area contributed by atoms with Crippen molar-refractivity contribution in [3.8, 4) is 0 Å². The van der Waals surface area contributed by atoms with E-state index < -0.39 is 12.0 Å². The van der Waals surface area contributed by atoms with Crippen LogP contribution in [-0.4, -0.2) is 65.8 Å². The molecule has 6 heteroatoms. The standard InChI is InChI=1S/C38H55ClN2O3/c1-26-10-13-30(39)24-33(26)28(17-22-41-23-20-37(3,4)25-41)16-21-40(6)35(36(42)43)32-9-7-8-27(2)34(32)29-11-14-31(15-12-29)44-38(5)18-19-38/h7-10,13,24,28-29,31,35H,11-12,14-23,25H2,1-6H3,(H,42,43)/t28-,29?,31?,35-/m1/s1. The highest BCUT2D eigenvalue weighted by atomic mass is 35.5. The van der Waals surface area contributed by atoms with Gasteiger partial charge in [-0.15, -0.1) is 0 Å². The van der Waals surface area contributed by atoms with Crippen LogP contribution in [0, 0.1) is 19.3 Å². The number of nitrogens with zero attached hydrogens (tertiary/aromatic N) is 2. The Morgan fingerprint density at radius 1 is 1.02 bits per heavy atom. The number of halogens is 1. The van der Waals surface area contributed by atoms with Gasteiger partial charge in [0.05, 0.1) is 11.7 Å². The van der Waals surface area contributed by atoms with Crippen molar-refractivity contribution in [3.63, 3.8) is 0 Å². The number of aliphatic carboxylic acids is 1. The summed E-state index contributed by atoms with van der Waals surface area (Å²) in [5.41, 5.74) is 6.47. The van der Waals surface area contributed by atoms with E-state index in [0.717, 1.165) is 68.7 Å². The molecule has 242 valence electrons. The highest BCUT2D eigenvalue weighted by molar-refractivity contribution is 6.30. The van der Waals surface area contributed by atoms with Crippen molar-refractivity contribution in [1.29, 1.82) is 0 Å². The van der Waals surface area contributed by atoms with Crippen molar-refractivity contribution in [2.75, 3.05) is 33.2 Å². The first-order valence-corrected chi connectivity index (χ1v) is 17.4. The van der Waals surface area contributed by atoms with Crippen molar-refractivity contribution >= 4 is 17.6 Å². The fourth-order valence-electron chi connectivity index (χ4n) is 7.97. The van der Waals surface area contributed by atoms with E-state index in [1.165, 1.54) is 41.5 Å². The molecule has 1 N–H and O–H groups in total. The molecule has 44 heavy (non-hydrogen) atoms. The van der Waals surface area contributed by atoms with Gasteiger partial charge in [-0.1, -0.05) is 49.7 Å². The summed E-state index contributed by atoms with van der Waals surface area (Å²) in [4.78, 5) is 17.7. The van der Waals surface area contributed by atoms with Crippen LogP contribution in [0.2, 0.25) is 5.02 Å². The summed E-state index contributed by atoms with van der Waals surface area (Å²) < 4.78 is 6.41. The second-order valence-corrected chi connectivity index (χ2v) is 15.7. The lowest BCUT2D eigenvalue weighted by Crippen LogP contribution is -2.34. The maximum absolute atomic E-state index is 13.0. The molecule has 2 atom stereocenters. The number of rotatable bonds is 13. The van der Waals surface area contributed by atoms with E-state index in [0.29, 0.717) is 29.9 Å². The zero-order chi connectivity index (χ0) is 31.6. The highest BCUT2D eigenvalue weighted by Gasteiger charge is 2.42. The van der Waals surface area contributed by atoms with E-state index in [1.54, 1.807) is 0 Å². The summed E-state index contributed by atoms with van der Waals surface area (Å²) in [6.45, 7) is 15.3. The van der Waals surface area contributed by atoms with Crippen molar-refractivity contribution < 1.29 is 14.6 Å². The Hall–Kier alpha value is -1.92. The van der Waals surface area contributed by atoms with Crippen LogP contribution in [0.3, 0.4) is 0 Å². The lowest BCUT2D eigenvalue weighted by Gasteiger charge is -2.35. The zero-order valence-electron chi connectivity index (χ0n) is 28.0. The third-order valence-corrected chi connectivity index (χ3v) is 11.1. The fraction of sp³-hybridized carbons (Fsp3) is 0.658. The number of likely N-dealkylation sites (tertiary alicyclic amines) is 1. The number of likely N-dealkylation sites (N-methyl/N-ethyl adjacent to an activating group) is 1. The first-order valence-electron chi connectivity index (χ1n) is 17.0. The topological polar surface area (TPSA) is 53.0 Å². The number of carboxylic acid groups (broad SMARTS) is 1. The molecule has 2 aromatic rings. The van der Waals surface area contributed by atoms with E-state index in [2.05, 4.69) is 68.7 Å². The van der Waals surface area contributed by atoms with Crippen LogP contribution in [0.1, 0.15) is 124 Å². The minimum Gasteiger partial charge on any atom is -0.480 e.